The van der Waals surface area contributed by atoms with Gasteiger partial charge in [-0.05, 0) is 24.6 Å². The molecule has 1 aromatic heterocycles. The van der Waals surface area contributed by atoms with Crippen LogP contribution < -0.4 is 0 Å². The molecule has 0 fully saturated rings. The number of carbonyl (C=O) groups is 1. The number of carboxylic acid groups (broad SMARTS) is 1. The van der Waals surface area contributed by atoms with Crippen molar-refractivity contribution in [2.24, 2.45) is 0 Å². The molecular formula is C14H15ClN2O3S. The first-order valence-corrected chi connectivity index (χ1v) is 7.56. The monoisotopic (exact) mass is 326 g/mol. The van der Waals surface area contributed by atoms with E-state index in [1.165, 1.54) is 0 Å². The van der Waals surface area contributed by atoms with Crippen molar-refractivity contribution in [3.63, 3.8) is 0 Å². The number of thioether (sulfide) groups is 1. The van der Waals surface area contributed by atoms with Crippen LogP contribution in [0.2, 0.25) is 5.02 Å². The Bertz CT molecular complexity index is 628. The lowest BCUT2D eigenvalue weighted by molar-refractivity contribution is -0.136. The highest BCUT2D eigenvalue weighted by Gasteiger charge is 2.17. The summed E-state index contributed by atoms with van der Waals surface area (Å²) in [6.45, 7) is 1.97. The summed E-state index contributed by atoms with van der Waals surface area (Å²) in [6.07, 6.45) is 1.73. The van der Waals surface area contributed by atoms with Gasteiger partial charge in [0.15, 0.2) is 5.16 Å². The molecule has 0 radical (unpaired) electrons. The number of aliphatic hydroxyl groups is 1. The lowest BCUT2D eigenvalue weighted by atomic mass is 10.2. The molecule has 0 saturated heterocycles. The third kappa shape index (κ3) is 4.23. The molecule has 1 aromatic carbocycles. The standard InChI is InChI=1S/C14H15ClN2O3S/c1-9(13(19)20)21-14-16-12(8-18)7-17(14)6-10-2-4-11(15)5-3-10/h2-5,7,9,18H,6,8H2,1H3,(H,19,20). The maximum absolute atomic E-state index is 11.0. The number of imidazole rings is 1. The Labute approximate surface area is 131 Å². The van der Waals surface area contributed by atoms with E-state index in [0.29, 0.717) is 22.4 Å². The van der Waals surface area contributed by atoms with Crippen molar-refractivity contribution in [1.29, 1.82) is 0 Å². The van der Waals surface area contributed by atoms with E-state index >= 15 is 0 Å². The van der Waals surface area contributed by atoms with Crippen molar-refractivity contribution >= 4 is 29.3 Å². The van der Waals surface area contributed by atoms with Gasteiger partial charge in [0.25, 0.3) is 0 Å². The molecule has 1 atom stereocenters. The average molecular weight is 327 g/mol. The van der Waals surface area contributed by atoms with Crippen molar-refractivity contribution in [2.75, 3.05) is 0 Å². The normalized spacial score (nSPS) is 12.3. The molecule has 7 heteroatoms. The van der Waals surface area contributed by atoms with Gasteiger partial charge in [-0.15, -0.1) is 0 Å². The van der Waals surface area contributed by atoms with Gasteiger partial charge >= 0.3 is 5.97 Å². The second kappa shape index (κ2) is 6.98. The summed E-state index contributed by atoms with van der Waals surface area (Å²) >= 11 is 7.01. The van der Waals surface area contributed by atoms with Gasteiger partial charge in [0.05, 0.1) is 12.3 Å². The minimum absolute atomic E-state index is 0.178. The number of aliphatic hydroxyl groups excluding tert-OH is 1. The summed E-state index contributed by atoms with van der Waals surface area (Å²) in [5.74, 6) is -0.897. The van der Waals surface area contributed by atoms with E-state index in [-0.39, 0.29) is 6.61 Å². The average Bonchev–Trinajstić information content (AvgIpc) is 2.83. The Hall–Kier alpha value is -1.50. The molecule has 0 amide bonds. The fraction of sp³-hybridized carbons (Fsp3) is 0.286. The lowest BCUT2D eigenvalue weighted by Gasteiger charge is -2.09. The molecule has 1 heterocycles. The van der Waals surface area contributed by atoms with E-state index < -0.39 is 11.2 Å². The number of halogens is 1. The second-order valence-electron chi connectivity index (χ2n) is 4.53. The minimum atomic E-state index is -0.897. The third-order valence-electron chi connectivity index (χ3n) is 2.85. The molecule has 112 valence electrons. The third-order valence-corrected chi connectivity index (χ3v) is 4.19. The zero-order valence-electron chi connectivity index (χ0n) is 11.4. The summed E-state index contributed by atoms with van der Waals surface area (Å²) in [5.41, 5.74) is 1.54. The van der Waals surface area contributed by atoms with Crippen LogP contribution in [0.1, 0.15) is 18.2 Å². The largest absolute Gasteiger partial charge is 0.480 e. The number of aromatic nitrogens is 2. The maximum Gasteiger partial charge on any atom is 0.316 e. The molecular weight excluding hydrogens is 312 g/mol. The molecule has 2 rings (SSSR count). The van der Waals surface area contributed by atoms with E-state index in [1.54, 1.807) is 25.3 Å². The van der Waals surface area contributed by atoms with Crippen LogP contribution in [0.25, 0.3) is 0 Å². The molecule has 21 heavy (non-hydrogen) atoms. The van der Waals surface area contributed by atoms with Gasteiger partial charge in [-0.1, -0.05) is 35.5 Å². The van der Waals surface area contributed by atoms with Gasteiger partial charge in [-0.25, -0.2) is 4.98 Å². The van der Waals surface area contributed by atoms with E-state index in [0.717, 1.165) is 17.3 Å². The summed E-state index contributed by atoms with van der Waals surface area (Å²) in [4.78, 5) is 15.2. The van der Waals surface area contributed by atoms with E-state index in [2.05, 4.69) is 4.98 Å². The van der Waals surface area contributed by atoms with E-state index in [1.807, 2.05) is 16.7 Å². The van der Waals surface area contributed by atoms with Crippen LogP contribution in [0.4, 0.5) is 0 Å². The highest BCUT2D eigenvalue weighted by atomic mass is 35.5. The number of hydrogen-bond acceptors (Lipinski definition) is 4. The highest BCUT2D eigenvalue weighted by molar-refractivity contribution is 8.00. The fourth-order valence-electron chi connectivity index (χ4n) is 1.73. The second-order valence-corrected chi connectivity index (χ2v) is 6.27. The van der Waals surface area contributed by atoms with Crippen molar-refractivity contribution in [2.45, 2.75) is 30.5 Å². The molecule has 5 nitrogen and oxygen atoms in total. The number of nitrogens with zero attached hydrogens (tertiary/aromatic N) is 2. The van der Waals surface area contributed by atoms with E-state index in [9.17, 15) is 9.90 Å². The molecule has 0 spiro atoms. The first-order chi connectivity index (χ1) is 9.99. The first kappa shape index (κ1) is 15.9. The molecule has 0 aliphatic rings. The summed E-state index contributed by atoms with van der Waals surface area (Å²) in [6, 6.07) is 7.40. The van der Waals surface area contributed by atoms with E-state index in [4.69, 9.17) is 16.7 Å². The molecule has 0 bridgehead atoms. The zero-order valence-corrected chi connectivity index (χ0v) is 12.9. The molecule has 0 aliphatic carbocycles. The highest BCUT2D eigenvalue weighted by Crippen LogP contribution is 2.24. The van der Waals surface area contributed by atoms with Crippen LogP contribution in [0.5, 0.6) is 0 Å². The SMILES string of the molecule is CC(Sc1nc(CO)cn1Cc1ccc(Cl)cc1)C(=O)O. The van der Waals surface area contributed by atoms with Crippen LogP contribution in [0.3, 0.4) is 0 Å². The molecule has 1 unspecified atom stereocenters. The minimum Gasteiger partial charge on any atom is -0.480 e. The van der Waals surface area contributed by atoms with Crippen molar-refractivity contribution < 1.29 is 15.0 Å². The number of rotatable bonds is 6. The number of benzene rings is 1. The zero-order chi connectivity index (χ0) is 15.4. The Morgan fingerprint density at radius 2 is 2.10 bits per heavy atom. The number of aliphatic carboxylic acids is 1. The predicted octanol–water partition coefficient (Wildman–Crippen LogP) is 2.64. The van der Waals surface area contributed by atoms with Crippen LogP contribution in [0.15, 0.2) is 35.6 Å². The van der Waals surface area contributed by atoms with Gasteiger partial charge in [-0.3, -0.25) is 4.79 Å². The summed E-state index contributed by atoms with van der Waals surface area (Å²) in [7, 11) is 0. The van der Waals surface area contributed by atoms with Gasteiger partial charge in [0, 0.05) is 17.8 Å². The van der Waals surface area contributed by atoms with Gasteiger partial charge in [0.2, 0.25) is 0 Å². The fourth-order valence-corrected chi connectivity index (χ4v) is 2.70. The maximum atomic E-state index is 11.0. The smallest absolute Gasteiger partial charge is 0.316 e. The molecule has 0 saturated carbocycles. The van der Waals surface area contributed by atoms with Crippen molar-refractivity contribution in [1.82, 2.24) is 9.55 Å². The van der Waals surface area contributed by atoms with Crippen LogP contribution in [-0.2, 0) is 17.9 Å². The summed E-state index contributed by atoms with van der Waals surface area (Å²) in [5, 5.41) is 18.8. The van der Waals surface area contributed by atoms with Crippen LogP contribution in [0, 0.1) is 0 Å². The quantitative estimate of drug-likeness (QED) is 0.798. The molecule has 2 N–H and O–H groups in total. The summed E-state index contributed by atoms with van der Waals surface area (Å²) < 4.78 is 1.83. The van der Waals surface area contributed by atoms with Gasteiger partial charge in [0.1, 0.15) is 5.25 Å². The predicted molar refractivity (Wildman–Crippen MR) is 81.7 cm³/mol. The van der Waals surface area contributed by atoms with Crippen molar-refractivity contribution in [3.05, 3.63) is 46.7 Å². The lowest BCUT2D eigenvalue weighted by Crippen LogP contribution is -2.13. The number of carboxylic acids is 1. The first-order valence-electron chi connectivity index (χ1n) is 6.30. The molecule has 0 aliphatic heterocycles. The Morgan fingerprint density at radius 3 is 2.67 bits per heavy atom. The van der Waals surface area contributed by atoms with Crippen molar-refractivity contribution in [3.8, 4) is 0 Å². The Kier molecular flexibility index (Phi) is 5.27. The van der Waals surface area contributed by atoms with Gasteiger partial charge < -0.3 is 14.8 Å². The molecule has 2 aromatic rings. The Morgan fingerprint density at radius 1 is 1.43 bits per heavy atom. The Balaban J connectivity index is 2.22. The van der Waals surface area contributed by atoms with Gasteiger partial charge in [-0.2, -0.15) is 0 Å². The van der Waals surface area contributed by atoms with Crippen LogP contribution >= 0.6 is 23.4 Å². The number of hydrogen-bond donors (Lipinski definition) is 2. The topological polar surface area (TPSA) is 75.4 Å². The van der Waals surface area contributed by atoms with Crippen LogP contribution in [-0.4, -0.2) is 31.0 Å².